The summed E-state index contributed by atoms with van der Waals surface area (Å²) >= 11 is 0. The van der Waals surface area contributed by atoms with Crippen molar-refractivity contribution >= 4 is 16.9 Å². The van der Waals surface area contributed by atoms with Gasteiger partial charge in [-0.05, 0) is 18.9 Å². The van der Waals surface area contributed by atoms with Crippen LogP contribution in [0, 0.1) is 22.7 Å². The number of aromatic amines is 1. The Kier molecular flexibility index (Phi) is 1.96. The topological polar surface area (TPSA) is 94.6 Å². The molecule has 2 fully saturated rings. The van der Waals surface area contributed by atoms with E-state index in [2.05, 4.69) is 25.9 Å². The minimum Gasteiger partial charge on any atom is -0.355 e. The van der Waals surface area contributed by atoms with Crippen LogP contribution < -0.4 is 10.6 Å². The van der Waals surface area contributed by atoms with E-state index in [9.17, 15) is 5.26 Å². The zero-order chi connectivity index (χ0) is 13.0. The van der Waals surface area contributed by atoms with E-state index in [-0.39, 0.29) is 0 Å². The Morgan fingerprint density at radius 1 is 1.58 bits per heavy atom. The van der Waals surface area contributed by atoms with Crippen LogP contribution in [0.1, 0.15) is 12.0 Å². The molecular formula is C13H14N6. The highest BCUT2D eigenvalue weighted by atomic mass is 15.3. The summed E-state index contributed by atoms with van der Waals surface area (Å²) in [6.07, 6.45) is 4.47. The van der Waals surface area contributed by atoms with E-state index in [0.29, 0.717) is 16.9 Å². The standard InChI is InChI=1S/C13H14N6/c14-2-8-3-16-11-10(8)12(18-7-17-11)19-4-9-1-13(9,5-15)6-19/h3,7,9H,1,4-6,15H2,(H,16,17,18). The molecule has 1 aliphatic carbocycles. The Balaban J connectivity index is 1.80. The van der Waals surface area contributed by atoms with Crippen molar-refractivity contribution in [2.24, 2.45) is 17.1 Å². The molecule has 0 amide bonds. The molecule has 6 nitrogen and oxygen atoms in total. The third kappa shape index (κ3) is 1.33. The lowest BCUT2D eigenvalue weighted by atomic mass is 10.1. The molecule has 0 bridgehead atoms. The molecule has 3 N–H and O–H groups in total. The van der Waals surface area contributed by atoms with E-state index in [1.165, 1.54) is 6.42 Å². The predicted molar refractivity (Wildman–Crippen MR) is 70.4 cm³/mol. The maximum Gasteiger partial charge on any atom is 0.144 e. The van der Waals surface area contributed by atoms with Gasteiger partial charge in [-0.3, -0.25) is 0 Å². The van der Waals surface area contributed by atoms with Crippen LogP contribution in [-0.2, 0) is 0 Å². The number of nitrogens with one attached hydrogen (secondary N) is 1. The Morgan fingerprint density at radius 2 is 2.47 bits per heavy atom. The number of nitrogens with zero attached hydrogens (tertiary/aromatic N) is 4. The summed E-state index contributed by atoms with van der Waals surface area (Å²) in [4.78, 5) is 13.8. The SMILES string of the molecule is N#Cc1c[nH]c2ncnc(N3CC4CC4(CN)C3)c12. The molecule has 2 aliphatic rings. The lowest BCUT2D eigenvalue weighted by Gasteiger charge is -2.21. The van der Waals surface area contributed by atoms with Crippen molar-refractivity contribution < 1.29 is 0 Å². The number of piperidine rings is 1. The first-order valence-corrected chi connectivity index (χ1v) is 6.44. The molecule has 1 saturated carbocycles. The lowest BCUT2D eigenvalue weighted by molar-refractivity contribution is 0.543. The third-order valence-electron chi connectivity index (χ3n) is 4.58. The van der Waals surface area contributed by atoms with Crippen molar-refractivity contribution in [2.75, 3.05) is 24.5 Å². The molecule has 2 aromatic rings. The molecule has 0 aromatic carbocycles. The summed E-state index contributed by atoms with van der Waals surface area (Å²) in [6.45, 7) is 2.66. The first kappa shape index (κ1) is 10.8. The second-order valence-corrected chi connectivity index (χ2v) is 5.58. The fourth-order valence-corrected chi connectivity index (χ4v) is 3.34. The van der Waals surface area contributed by atoms with Crippen molar-refractivity contribution in [3.63, 3.8) is 0 Å². The summed E-state index contributed by atoms with van der Waals surface area (Å²) in [5, 5.41) is 10.0. The number of hydrogen-bond acceptors (Lipinski definition) is 5. The number of H-pyrrole nitrogens is 1. The van der Waals surface area contributed by atoms with Gasteiger partial charge in [0.25, 0.3) is 0 Å². The molecule has 4 rings (SSSR count). The molecule has 1 aliphatic heterocycles. The van der Waals surface area contributed by atoms with Crippen LogP contribution in [0.15, 0.2) is 12.5 Å². The number of hydrogen-bond donors (Lipinski definition) is 2. The van der Waals surface area contributed by atoms with E-state index >= 15 is 0 Å². The second kappa shape index (κ2) is 3.45. The summed E-state index contributed by atoms with van der Waals surface area (Å²) in [6, 6.07) is 2.20. The normalized spacial score (nSPS) is 28.4. The van der Waals surface area contributed by atoms with Crippen molar-refractivity contribution in [3.8, 4) is 6.07 Å². The van der Waals surface area contributed by atoms with Crippen LogP contribution in [0.2, 0.25) is 0 Å². The average molecular weight is 254 g/mol. The number of nitrogens with two attached hydrogens (primary N) is 1. The van der Waals surface area contributed by atoms with Gasteiger partial charge in [0.2, 0.25) is 0 Å². The van der Waals surface area contributed by atoms with Gasteiger partial charge in [0.1, 0.15) is 23.9 Å². The van der Waals surface area contributed by atoms with E-state index in [0.717, 1.165) is 36.5 Å². The van der Waals surface area contributed by atoms with Crippen molar-refractivity contribution in [1.29, 1.82) is 5.26 Å². The van der Waals surface area contributed by atoms with E-state index < -0.39 is 0 Å². The van der Waals surface area contributed by atoms with Crippen molar-refractivity contribution in [1.82, 2.24) is 15.0 Å². The maximum atomic E-state index is 9.19. The fourth-order valence-electron chi connectivity index (χ4n) is 3.34. The minimum atomic E-state index is 0.292. The highest BCUT2D eigenvalue weighted by Gasteiger charge is 2.59. The molecular weight excluding hydrogens is 240 g/mol. The van der Waals surface area contributed by atoms with Gasteiger partial charge in [-0.25, -0.2) is 9.97 Å². The minimum absolute atomic E-state index is 0.292. The number of nitriles is 1. The van der Waals surface area contributed by atoms with Gasteiger partial charge in [0.15, 0.2) is 0 Å². The predicted octanol–water partition coefficient (Wildman–Crippen LogP) is 0.615. The highest BCUT2D eigenvalue weighted by molar-refractivity contribution is 5.93. The van der Waals surface area contributed by atoms with Gasteiger partial charge in [0.05, 0.1) is 10.9 Å². The van der Waals surface area contributed by atoms with E-state index in [4.69, 9.17) is 5.73 Å². The summed E-state index contributed by atoms with van der Waals surface area (Å²) in [5.41, 5.74) is 7.50. The molecule has 2 aromatic heterocycles. The van der Waals surface area contributed by atoms with Crippen LogP contribution in [0.25, 0.3) is 11.0 Å². The monoisotopic (exact) mass is 254 g/mol. The summed E-state index contributed by atoms with van der Waals surface area (Å²) in [7, 11) is 0. The third-order valence-corrected chi connectivity index (χ3v) is 4.58. The highest BCUT2D eigenvalue weighted by Crippen LogP contribution is 2.57. The Hall–Kier alpha value is -2.13. The zero-order valence-electron chi connectivity index (χ0n) is 10.4. The summed E-state index contributed by atoms with van der Waals surface area (Å²) < 4.78 is 0. The van der Waals surface area contributed by atoms with Crippen LogP contribution in [0.4, 0.5) is 5.82 Å². The molecule has 3 heterocycles. The maximum absolute atomic E-state index is 9.19. The summed E-state index contributed by atoms with van der Waals surface area (Å²) in [5.74, 6) is 1.55. The zero-order valence-corrected chi connectivity index (χ0v) is 10.4. The number of fused-ring (bicyclic) bond motifs is 2. The van der Waals surface area contributed by atoms with Crippen LogP contribution in [-0.4, -0.2) is 34.6 Å². The quantitative estimate of drug-likeness (QED) is 0.819. The van der Waals surface area contributed by atoms with Gasteiger partial charge in [-0.1, -0.05) is 0 Å². The van der Waals surface area contributed by atoms with Crippen LogP contribution >= 0.6 is 0 Å². The Morgan fingerprint density at radius 3 is 3.21 bits per heavy atom. The van der Waals surface area contributed by atoms with Crippen LogP contribution in [0.5, 0.6) is 0 Å². The number of aromatic nitrogens is 3. The lowest BCUT2D eigenvalue weighted by Crippen LogP contribution is -2.29. The van der Waals surface area contributed by atoms with Gasteiger partial charge in [-0.2, -0.15) is 5.26 Å². The first-order chi connectivity index (χ1) is 9.27. The smallest absolute Gasteiger partial charge is 0.144 e. The Labute approximate surface area is 110 Å². The fraction of sp³-hybridized carbons (Fsp3) is 0.462. The van der Waals surface area contributed by atoms with Crippen LogP contribution in [0.3, 0.4) is 0 Å². The molecule has 1 saturated heterocycles. The number of anilines is 1. The van der Waals surface area contributed by atoms with Gasteiger partial charge in [-0.15, -0.1) is 0 Å². The molecule has 96 valence electrons. The first-order valence-electron chi connectivity index (χ1n) is 6.44. The second-order valence-electron chi connectivity index (χ2n) is 5.58. The number of rotatable bonds is 2. The largest absolute Gasteiger partial charge is 0.355 e. The molecule has 0 spiro atoms. The van der Waals surface area contributed by atoms with Gasteiger partial charge in [0, 0.05) is 24.7 Å². The molecule has 2 atom stereocenters. The van der Waals surface area contributed by atoms with E-state index in [1.807, 2.05) is 0 Å². The average Bonchev–Trinajstić information content (AvgIpc) is 2.84. The molecule has 6 heteroatoms. The van der Waals surface area contributed by atoms with Gasteiger partial charge >= 0.3 is 0 Å². The van der Waals surface area contributed by atoms with E-state index in [1.54, 1.807) is 12.5 Å². The molecule has 0 radical (unpaired) electrons. The van der Waals surface area contributed by atoms with Gasteiger partial charge < -0.3 is 15.6 Å². The molecule has 2 unspecified atom stereocenters. The van der Waals surface area contributed by atoms with Crippen molar-refractivity contribution in [3.05, 3.63) is 18.1 Å². The van der Waals surface area contributed by atoms with Crippen molar-refractivity contribution in [2.45, 2.75) is 6.42 Å². The Bertz CT molecular complexity index is 695. The molecule has 19 heavy (non-hydrogen) atoms.